The Bertz CT molecular complexity index is 579. The summed E-state index contributed by atoms with van der Waals surface area (Å²) in [5, 5.41) is 11.5. The molecule has 1 aliphatic heterocycles. The molecule has 2 N–H and O–H groups in total. The second kappa shape index (κ2) is 6.27. The van der Waals surface area contributed by atoms with E-state index < -0.39 is 5.97 Å². The lowest BCUT2D eigenvalue weighted by Crippen LogP contribution is -2.34. The standard InChI is InChI=1S/C12H11BrN2O4S/c13-8-3-7(12(18)19)1-2-9(8)14-10(16)4-15-6-20-5-11(15)17/h1-3H,4-6H2,(H,14,16)(H,18,19). The minimum atomic E-state index is -1.04. The van der Waals surface area contributed by atoms with E-state index in [-0.39, 0.29) is 23.9 Å². The number of nitrogens with one attached hydrogen (secondary N) is 1. The molecule has 8 heteroatoms. The molecule has 1 heterocycles. The van der Waals surface area contributed by atoms with E-state index in [1.165, 1.54) is 34.9 Å². The summed E-state index contributed by atoms with van der Waals surface area (Å²) in [7, 11) is 0. The van der Waals surface area contributed by atoms with Crippen LogP contribution < -0.4 is 5.32 Å². The Hall–Kier alpha value is -1.54. The molecule has 0 aromatic heterocycles. The Kier molecular flexibility index (Phi) is 4.66. The number of carbonyl (C=O) groups excluding carboxylic acids is 2. The monoisotopic (exact) mass is 358 g/mol. The van der Waals surface area contributed by atoms with Crippen molar-refractivity contribution >= 4 is 51.2 Å². The van der Waals surface area contributed by atoms with Crippen molar-refractivity contribution in [3.8, 4) is 0 Å². The van der Waals surface area contributed by atoms with Crippen LogP contribution in [0.1, 0.15) is 10.4 Å². The van der Waals surface area contributed by atoms with E-state index in [4.69, 9.17) is 5.11 Å². The zero-order valence-electron chi connectivity index (χ0n) is 10.3. The summed E-state index contributed by atoms with van der Waals surface area (Å²) in [6, 6.07) is 4.32. The summed E-state index contributed by atoms with van der Waals surface area (Å²) in [6.45, 7) is -0.00104. The van der Waals surface area contributed by atoms with E-state index in [1.54, 1.807) is 0 Å². The number of hydrogen-bond acceptors (Lipinski definition) is 4. The number of benzene rings is 1. The van der Waals surface area contributed by atoms with Crippen LogP contribution in [0.4, 0.5) is 5.69 Å². The lowest BCUT2D eigenvalue weighted by molar-refractivity contribution is -0.130. The molecule has 2 amide bonds. The summed E-state index contributed by atoms with van der Waals surface area (Å²) in [5.74, 6) is -0.478. The maximum absolute atomic E-state index is 11.8. The Labute approximate surface area is 127 Å². The molecule has 2 rings (SSSR count). The number of nitrogens with zero attached hydrogens (tertiary/aromatic N) is 1. The maximum atomic E-state index is 11.8. The molecule has 106 valence electrons. The third-order valence-corrected chi connectivity index (χ3v) is 4.25. The minimum absolute atomic E-state index is 0.00104. The molecule has 0 atom stereocenters. The number of amides is 2. The molecule has 1 aliphatic rings. The fourth-order valence-electron chi connectivity index (χ4n) is 1.65. The third kappa shape index (κ3) is 3.51. The molecule has 0 spiro atoms. The van der Waals surface area contributed by atoms with Gasteiger partial charge in [-0.3, -0.25) is 9.59 Å². The minimum Gasteiger partial charge on any atom is -0.478 e. The van der Waals surface area contributed by atoms with Crippen LogP contribution in [0, 0.1) is 0 Å². The highest BCUT2D eigenvalue weighted by Gasteiger charge is 2.23. The van der Waals surface area contributed by atoms with Gasteiger partial charge >= 0.3 is 5.97 Å². The molecule has 0 radical (unpaired) electrons. The number of carboxylic acids is 1. The first-order valence-corrected chi connectivity index (χ1v) is 7.60. The van der Waals surface area contributed by atoms with Crippen molar-refractivity contribution in [1.82, 2.24) is 4.90 Å². The largest absolute Gasteiger partial charge is 0.478 e. The topological polar surface area (TPSA) is 86.7 Å². The van der Waals surface area contributed by atoms with Crippen molar-refractivity contribution in [1.29, 1.82) is 0 Å². The molecule has 1 fully saturated rings. The van der Waals surface area contributed by atoms with Crippen LogP contribution in [0.5, 0.6) is 0 Å². The third-order valence-electron chi connectivity index (χ3n) is 2.65. The first-order valence-electron chi connectivity index (χ1n) is 5.65. The quantitative estimate of drug-likeness (QED) is 0.853. The molecule has 0 unspecified atom stereocenters. The fourth-order valence-corrected chi connectivity index (χ4v) is 3.03. The van der Waals surface area contributed by atoms with Gasteiger partial charge < -0.3 is 15.3 Å². The van der Waals surface area contributed by atoms with Crippen LogP contribution in [-0.2, 0) is 9.59 Å². The molecular weight excluding hydrogens is 348 g/mol. The number of aromatic carboxylic acids is 1. The van der Waals surface area contributed by atoms with Gasteiger partial charge in [0, 0.05) is 4.47 Å². The van der Waals surface area contributed by atoms with Gasteiger partial charge in [0.2, 0.25) is 11.8 Å². The smallest absolute Gasteiger partial charge is 0.335 e. The zero-order valence-corrected chi connectivity index (χ0v) is 12.7. The van der Waals surface area contributed by atoms with E-state index in [2.05, 4.69) is 21.2 Å². The SMILES string of the molecule is O=C(CN1CSCC1=O)Nc1ccc(C(=O)O)cc1Br. The van der Waals surface area contributed by atoms with Crippen LogP contribution >= 0.6 is 27.7 Å². The highest BCUT2D eigenvalue weighted by molar-refractivity contribution is 9.10. The second-order valence-electron chi connectivity index (χ2n) is 4.12. The molecule has 1 saturated heterocycles. The van der Waals surface area contributed by atoms with Crippen LogP contribution in [0.25, 0.3) is 0 Å². The Morgan fingerprint density at radius 3 is 2.75 bits per heavy atom. The second-order valence-corrected chi connectivity index (χ2v) is 5.93. The molecule has 20 heavy (non-hydrogen) atoms. The Morgan fingerprint density at radius 1 is 1.45 bits per heavy atom. The van der Waals surface area contributed by atoms with E-state index in [0.29, 0.717) is 21.8 Å². The van der Waals surface area contributed by atoms with E-state index >= 15 is 0 Å². The molecule has 1 aromatic rings. The summed E-state index contributed by atoms with van der Waals surface area (Å²) in [4.78, 5) is 35.5. The van der Waals surface area contributed by atoms with Crippen LogP contribution in [0.3, 0.4) is 0 Å². The van der Waals surface area contributed by atoms with Gasteiger partial charge in [-0.05, 0) is 34.1 Å². The van der Waals surface area contributed by atoms with Crippen molar-refractivity contribution in [2.75, 3.05) is 23.5 Å². The predicted molar refractivity (Wildman–Crippen MR) is 78.8 cm³/mol. The van der Waals surface area contributed by atoms with Gasteiger partial charge in [-0.1, -0.05) is 0 Å². The molecule has 6 nitrogen and oxygen atoms in total. The summed E-state index contributed by atoms with van der Waals surface area (Å²) in [5.41, 5.74) is 0.597. The number of hydrogen-bond donors (Lipinski definition) is 2. The van der Waals surface area contributed by atoms with Gasteiger partial charge in [0.15, 0.2) is 0 Å². The Morgan fingerprint density at radius 2 is 2.20 bits per heavy atom. The van der Waals surface area contributed by atoms with Gasteiger partial charge in [-0.2, -0.15) is 0 Å². The lowest BCUT2D eigenvalue weighted by atomic mass is 10.2. The van der Waals surface area contributed by atoms with Gasteiger partial charge in [-0.25, -0.2) is 4.79 Å². The first kappa shape index (κ1) is 14.9. The maximum Gasteiger partial charge on any atom is 0.335 e. The number of carboxylic acid groups (broad SMARTS) is 1. The van der Waals surface area contributed by atoms with Gasteiger partial charge in [0.25, 0.3) is 0 Å². The average Bonchev–Trinajstić information content (AvgIpc) is 2.77. The fraction of sp³-hybridized carbons (Fsp3) is 0.250. The van der Waals surface area contributed by atoms with Crippen molar-refractivity contribution in [3.63, 3.8) is 0 Å². The Balaban J connectivity index is 2.00. The molecule has 0 saturated carbocycles. The van der Waals surface area contributed by atoms with Crippen molar-refractivity contribution < 1.29 is 19.5 Å². The number of rotatable bonds is 4. The number of carbonyl (C=O) groups is 3. The lowest BCUT2D eigenvalue weighted by Gasteiger charge is -2.14. The first-order chi connectivity index (χ1) is 9.47. The van der Waals surface area contributed by atoms with E-state index in [9.17, 15) is 14.4 Å². The molecule has 0 aliphatic carbocycles. The summed E-state index contributed by atoms with van der Waals surface area (Å²) in [6.07, 6.45) is 0. The molecular formula is C12H11BrN2O4S. The number of thioether (sulfide) groups is 1. The highest BCUT2D eigenvalue weighted by Crippen LogP contribution is 2.24. The summed E-state index contributed by atoms with van der Waals surface area (Å²) >= 11 is 4.67. The average molecular weight is 359 g/mol. The van der Waals surface area contributed by atoms with Gasteiger partial charge in [0.1, 0.15) is 6.54 Å². The van der Waals surface area contributed by atoms with E-state index in [1.807, 2.05) is 0 Å². The van der Waals surface area contributed by atoms with Crippen LogP contribution in [-0.4, -0.2) is 46.0 Å². The highest BCUT2D eigenvalue weighted by atomic mass is 79.9. The van der Waals surface area contributed by atoms with Crippen molar-refractivity contribution in [3.05, 3.63) is 28.2 Å². The van der Waals surface area contributed by atoms with Gasteiger partial charge in [0.05, 0.1) is 22.9 Å². The summed E-state index contributed by atoms with van der Waals surface area (Å²) < 4.78 is 0.480. The zero-order chi connectivity index (χ0) is 14.7. The van der Waals surface area contributed by atoms with E-state index in [0.717, 1.165) is 0 Å². The van der Waals surface area contributed by atoms with Crippen molar-refractivity contribution in [2.24, 2.45) is 0 Å². The number of anilines is 1. The number of halogens is 1. The molecule has 1 aromatic carbocycles. The van der Waals surface area contributed by atoms with Crippen molar-refractivity contribution in [2.45, 2.75) is 0 Å². The molecule has 0 bridgehead atoms. The van der Waals surface area contributed by atoms with Crippen LogP contribution in [0.15, 0.2) is 22.7 Å². The normalized spacial score (nSPS) is 14.4. The van der Waals surface area contributed by atoms with Crippen LogP contribution in [0.2, 0.25) is 0 Å². The predicted octanol–water partition coefficient (Wildman–Crippen LogP) is 1.62. The van der Waals surface area contributed by atoms with Gasteiger partial charge in [-0.15, -0.1) is 11.8 Å².